The number of hydrogen-bond donors (Lipinski definition) is 3. The number of carboxylic acids is 1. The number of benzene rings is 2. The van der Waals surface area contributed by atoms with E-state index in [1.807, 2.05) is 54.1 Å². The Balaban J connectivity index is 0.000000499. The zero-order valence-corrected chi connectivity index (χ0v) is 25.1. The van der Waals surface area contributed by atoms with E-state index in [0.717, 1.165) is 45.8 Å². The molecule has 0 spiro atoms. The maximum atomic E-state index is 13.3. The standard InChI is InChI=1S/C29H29N7O4.C2HF3O2/c1-16-11-19-3-2-4-21(26(19)40-16)25(27-32-33-34-36(27)14-17-5-6-17)30-13-18-7-8-20-15-35(29(39)22(20)12-18)23-9-10-24(37)31-28(23)38;3-2(4,5)1(6)7/h2-4,7-8,11-12,17,23,25,30H,5-6,9-10,13-15H2,1H3,(H,31,37,38);(H,6,7). The molecule has 7 rings (SSSR count). The Kier molecular flexibility index (Phi) is 8.53. The molecule has 2 aromatic carbocycles. The molecule has 2 aliphatic heterocycles. The molecule has 1 saturated carbocycles. The largest absolute Gasteiger partial charge is 0.490 e. The fraction of sp³-hybridized carbons (Fsp3) is 0.387. The lowest BCUT2D eigenvalue weighted by Gasteiger charge is -2.29. The number of para-hydroxylation sites is 1. The maximum absolute atomic E-state index is 13.3. The molecule has 0 radical (unpaired) electrons. The Labute approximate surface area is 265 Å². The number of carbonyl (C=O) groups excluding carboxylic acids is 3. The van der Waals surface area contributed by atoms with Crippen LogP contribution in [0.5, 0.6) is 0 Å². The van der Waals surface area contributed by atoms with Gasteiger partial charge in [0.1, 0.15) is 17.4 Å². The van der Waals surface area contributed by atoms with Gasteiger partial charge in [-0.25, -0.2) is 9.48 Å². The zero-order valence-electron chi connectivity index (χ0n) is 25.1. The number of alkyl halides is 3. The first kappa shape index (κ1) is 31.8. The average Bonchev–Trinajstić information content (AvgIpc) is 3.42. The third-order valence-electron chi connectivity index (χ3n) is 8.30. The Morgan fingerprint density at radius 1 is 1.15 bits per heavy atom. The number of carbonyl (C=O) groups is 4. The first-order chi connectivity index (χ1) is 22.4. The van der Waals surface area contributed by atoms with Gasteiger partial charge < -0.3 is 14.4 Å². The SMILES string of the molecule is Cc1cc2cccc(C(NCc3ccc4c(c3)C(=O)N(C3CCC(=O)NC3=O)C4)c3nnnn3CC3CC3)c2o1.O=C(O)C(F)(F)F. The number of halogens is 3. The Morgan fingerprint density at radius 2 is 1.91 bits per heavy atom. The first-order valence-electron chi connectivity index (χ1n) is 14.9. The number of piperidine rings is 1. The average molecular weight is 654 g/mol. The van der Waals surface area contributed by atoms with E-state index in [-0.39, 0.29) is 24.3 Å². The fourth-order valence-electron chi connectivity index (χ4n) is 5.81. The van der Waals surface area contributed by atoms with Gasteiger partial charge in [-0.05, 0) is 65.8 Å². The minimum atomic E-state index is -5.08. The fourth-order valence-corrected chi connectivity index (χ4v) is 5.81. The molecule has 3 amide bonds. The summed E-state index contributed by atoms with van der Waals surface area (Å²) in [5.74, 6) is -1.50. The van der Waals surface area contributed by atoms with Crippen LogP contribution in [-0.4, -0.2) is 66.1 Å². The molecular weight excluding hydrogens is 623 g/mol. The van der Waals surface area contributed by atoms with Crippen LogP contribution in [0.15, 0.2) is 46.9 Å². The highest BCUT2D eigenvalue weighted by atomic mass is 19.4. The van der Waals surface area contributed by atoms with Crippen LogP contribution in [0.3, 0.4) is 0 Å². The molecule has 4 heterocycles. The second kappa shape index (κ2) is 12.6. The van der Waals surface area contributed by atoms with Gasteiger partial charge in [0.25, 0.3) is 5.91 Å². The van der Waals surface area contributed by atoms with Gasteiger partial charge in [0.15, 0.2) is 5.82 Å². The highest BCUT2D eigenvalue weighted by Gasteiger charge is 2.40. The van der Waals surface area contributed by atoms with E-state index in [0.29, 0.717) is 31.0 Å². The highest BCUT2D eigenvalue weighted by molar-refractivity contribution is 6.05. The number of carboxylic acid groups (broad SMARTS) is 1. The quantitative estimate of drug-likeness (QED) is 0.239. The number of aliphatic carboxylic acids is 1. The van der Waals surface area contributed by atoms with Crippen LogP contribution in [-0.2, 0) is 34.0 Å². The number of aromatic nitrogens is 4. The number of fused-ring (bicyclic) bond motifs is 2. The predicted molar refractivity (Wildman–Crippen MR) is 156 cm³/mol. The van der Waals surface area contributed by atoms with Crippen LogP contribution >= 0.6 is 0 Å². The number of amides is 3. The second-order valence-corrected chi connectivity index (χ2v) is 11.8. The molecule has 2 unspecified atom stereocenters. The first-order valence-corrected chi connectivity index (χ1v) is 14.9. The normalized spacial score (nSPS) is 18.5. The summed E-state index contributed by atoms with van der Waals surface area (Å²) in [5, 5.41) is 26.8. The summed E-state index contributed by atoms with van der Waals surface area (Å²) in [5.41, 5.74) is 4.12. The lowest BCUT2D eigenvalue weighted by molar-refractivity contribution is -0.192. The number of hydrogen-bond acceptors (Lipinski definition) is 9. The van der Waals surface area contributed by atoms with Crippen molar-refractivity contribution < 1.29 is 41.9 Å². The minimum Gasteiger partial charge on any atom is -0.475 e. The summed E-state index contributed by atoms with van der Waals surface area (Å²) in [6.45, 7) is 3.52. The second-order valence-electron chi connectivity index (χ2n) is 11.8. The molecule has 2 atom stereocenters. The monoisotopic (exact) mass is 653 g/mol. The topological polar surface area (TPSA) is 173 Å². The zero-order chi connectivity index (χ0) is 33.5. The molecule has 47 heavy (non-hydrogen) atoms. The maximum Gasteiger partial charge on any atom is 0.490 e. The van der Waals surface area contributed by atoms with Crippen molar-refractivity contribution in [3.63, 3.8) is 0 Å². The molecule has 246 valence electrons. The molecule has 3 aliphatic rings. The highest BCUT2D eigenvalue weighted by Crippen LogP contribution is 2.34. The molecule has 0 bridgehead atoms. The number of nitrogens with one attached hydrogen (secondary N) is 2. The molecule has 2 aromatic heterocycles. The van der Waals surface area contributed by atoms with Gasteiger partial charge in [-0.15, -0.1) is 5.10 Å². The van der Waals surface area contributed by atoms with Gasteiger partial charge in [-0.2, -0.15) is 13.2 Å². The Hall–Kier alpha value is -5.12. The van der Waals surface area contributed by atoms with Crippen molar-refractivity contribution in [2.75, 3.05) is 0 Å². The number of rotatable bonds is 8. The van der Waals surface area contributed by atoms with Gasteiger partial charge in [0.05, 0.1) is 6.04 Å². The summed E-state index contributed by atoms with van der Waals surface area (Å²) < 4.78 is 39.7. The van der Waals surface area contributed by atoms with Crippen LogP contribution in [0.1, 0.15) is 70.4 Å². The predicted octanol–water partition coefficient (Wildman–Crippen LogP) is 3.41. The number of nitrogens with zero attached hydrogens (tertiary/aromatic N) is 5. The van der Waals surface area contributed by atoms with E-state index in [1.54, 1.807) is 4.90 Å². The summed E-state index contributed by atoms with van der Waals surface area (Å²) >= 11 is 0. The summed E-state index contributed by atoms with van der Waals surface area (Å²) in [6.07, 6.45) is -2.14. The van der Waals surface area contributed by atoms with E-state index in [9.17, 15) is 27.6 Å². The molecule has 3 N–H and O–H groups in total. The van der Waals surface area contributed by atoms with Crippen molar-refractivity contribution in [1.82, 2.24) is 35.7 Å². The van der Waals surface area contributed by atoms with E-state index in [4.69, 9.17) is 14.3 Å². The van der Waals surface area contributed by atoms with Gasteiger partial charge in [0, 0.05) is 42.6 Å². The van der Waals surface area contributed by atoms with Crippen molar-refractivity contribution in [2.45, 2.75) is 70.5 Å². The molecule has 13 nitrogen and oxygen atoms in total. The molecule has 1 aliphatic carbocycles. The van der Waals surface area contributed by atoms with E-state index >= 15 is 0 Å². The van der Waals surface area contributed by atoms with Crippen molar-refractivity contribution >= 4 is 34.7 Å². The summed E-state index contributed by atoms with van der Waals surface area (Å²) in [4.78, 5) is 47.8. The van der Waals surface area contributed by atoms with Gasteiger partial charge in [-0.3, -0.25) is 25.0 Å². The molecule has 4 aromatic rings. The molecular formula is C31H30F3N7O6. The van der Waals surface area contributed by atoms with Crippen molar-refractivity contribution in [2.24, 2.45) is 5.92 Å². The number of aryl methyl sites for hydroxylation is 1. The molecule has 1 saturated heterocycles. The third-order valence-corrected chi connectivity index (χ3v) is 8.30. The van der Waals surface area contributed by atoms with E-state index in [2.05, 4.69) is 26.2 Å². The molecule has 2 fully saturated rings. The van der Waals surface area contributed by atoms with Crippen LogP contribution < -0.4 is 10.6 Å². The molecule has 16 heteroatoms. The van der Waals surface area contributed by atoms with Crippen LogP contribution in [0, 0.1) is 12.8 Å². The van der Waals surface area contributed by atoms with Crippen LogP contribution in [0.4, 0.5) is 13.2 Å². The third kappa shape index (κ3) is 6.86. The summed E-state index contributed by atoms with van der Waals surface area (Å²) in [7, 11) is 0. The van der Waals surface area contributed by atoms with Crippen LogP contribution in [0.2, 0.25) is 0 Å². The number of imide groups is 1. The van der Waals surface area contributed by atoms with Gasteiger partial charge in [0.2, 0.25) is 11.8 Å². The Bertz CT molecular complexity index is 1870. The Morgan fingerprint density at radius 3 is 2.62 bits per heavy atom. The minimum absolute atomic E-state index is 0.188. The van der Waals surface area contributed by atoms with E-state index < -0.39 is 24.1 Å². The summed E-state index contributed by atoms with van der Waals surface area (Å²) in [6, 6.07) is 12.9. The van der Waals surface area contributed by atoms with Crippen molar-refractivity contribution in [1.29, 1.82) is 0 Å². The van der Waals surface area contributed by atoms with Crippen molar-refractivity contribution in [3.8, 4) is 0 Å². The van der Waals surface area contributed by atoms with Crippen molar-refractivity contribution in [3.05, 3.63) is 76.3 Å². The van der Waals surface area contributed by atoms with Crippen LogP contribution in [0.25, 0.3) is 11.0 Å². The van der Waals surface area contributed by atoms with E-state index in [1.165, 1.54) is 12.8 Å². The van der Waals surface area contributed by atoms with Gasteiger partial charge in [-0.1, -0.05) is 30.3 Å². The lowest BCUT2D eigenvalue weighted by atomic mass is 10.0. The van der Waals surface area contributed by atoms with Gasteiger partial charge >= 0.3 is 12.1 Å². The number of tetrazole rings is 1. The lowest BCUT2D eigenvalue weighted by Crippen LogP contribution is -2.52. The smallest absolute Gasteiger partial charge is 0.475 e. The number of furan rings is 1.